The van der Waals surface area contributed by atoms with E-state index in [2.05, 4.69) is 10.3 Å². The summed E-state index contributed by atoms with van der Waals surface area (Å²) in [5.41, 5.74) is 0.233. The maximum absolute atomic E-state index is 12.1. The van der Waals surface area contributed by atoms with Gasteiger partial charge in [-0.25, -0.2) is 4.98 Å². The van der Waals surface area contributed by atoms with Crippen LogP contribution in [0.4, 0.5) is 0 Å². The number of carboxylic acid groups (broad SMARTS) is 1. The van der Waals surface area contributed by atoms with E-state index in [9.17, 15) is 14.7 Å². The molecule has 2 rings (SSSR count). The zero-order valence-corrected chi connectivity index (χ0v) is 11.6. The molecule has 1 amide bonds. The fraction of sp³-hybridized carbons (Fsp3) is 0.643. The molecule has 1 aromatic heterocycles. The maximum atomic E-state index is 12.1. The molecule has 110 valence electrons. The van der Waals surface area contributed by atoms with E-state index in [1.165, 1.54) is 6.39 Å². The molecule has 1 heterocycles. The van der Waals surface area contributed by atoms with Gasteiger partial charge in [-0.2, -0.15) is 0 Å². The van der Waals surface area contributed by atoms with E-state index >= 15 is 0 Å². The molecule has 1 fully saturated rings. The molecule has 2 N–H and O–H groups in total. The molecule has 1 saturated carbocycles. The van der Waals surface area contributed by atoms with E-state index in [0.717, 1.165) is 25.7 Å². The molecule has 20 heavy (non-hydrogen) atoms. The van der Waals surface area contributed by atoms with E-state index in [0.29, 0.717) is 18.6 Å². The van der Waals surface area contributed by atoms with Gasteiger partial charge in [0.25, 0.3) is 5.91 Å². The van der Waals surface area contributed by atoms with Crippen LogP contribution in [0.1, 0.15) is 54.8 Å². The van der Waals surface area contributed by atoms with Crippen LogP contribution in [0.15, 0.2) is 10.8 Å². The van der Waals surface area contributed by atoms with Crippen molar-refractivity contribution in [3.8, 4) is 0 Å². The highest BCUT2D eigenvalue weighted by atomic mass is 16.4. The summed E-state index contributed by atoms with van der Waals surface area (Å²) < 4.78 is 5.01. The Hall–Kier alpha value is -1.85. The largest absolute Gasteiger partial charge is 0.481 e. The Morgan fingerprint density at radius 1 is 1.30 bits per heavy atom. The number of carbonyl (C=O) groups is 2. The molecule has 0 saturated heterocycles. The van der Waals surface area contributed by atoms with Gasteiger partial charge in [-0.3, -0.25) is 9.59 Å². The lowest BCUT2D eigenvalue weighted by molar-refractivity contribution is -0.143. The number of hydrogen-bond donors (Lipinski definition) is 2. The Labute approximate surface area is 117 Å². The van der Waals surface area contributed by atoms with Gasteiger partial charge in [-0.05, 0) is 19.8 Å². The van der Waals surface area contributed by atoms with Gasteiger partial charge in [0.2, 0.25) is 0 Å². The summed E-state index contributed by atoms with van der Waals surface area (Å²) >= 11 is 0. The first kappa shape index (κ1) is 14.6. The van der Waals surface area contributed by atoms with Gasteiger partial charge in [-0.15, -0.1) is 0 Å². The van der Waals surface area contributed by atoms with Crippen molar-refractivity contribution in [2.75, 3.05) is 0 Å². The average molecular weight is 280 g/mol. The van der Waals surface area contributed by atoms with E-state index in [1.807, 2.05) is 0 Å². The van der Waals surface area contributed by atoms with Gasteiger partial charge in [-0.1, -0.05) is 25.7 Å². The van der Waals surface area contributed by atoms with E-state index in [1.54, 1.807) is 6.92 Å². The van der Waals surface area contributed by atoms with Gasteiger partial charge >= 0.3 is 5.97 Å². The Balaban J connectivity index is 2.08. The van der Waals surface area contributed by atoms with Crippen LogP contribution in [0.3, 0.4) is 0 Å². The lowest BCUT2D eigenvalue weighted by Crippen LogP contribution is -2.44. The molecule has 0 radical (unpaired) electrons. The average Bonchev–Trinajstić information content (AvgIpc) is 2.78. The standard InChI is InChI=1S/C14H20N2O4/c1-9-12(15-8-20-9)13(17)16-11-7-5-3-2-4-6-10(11)14(18)19/h8,10-11H,2-7H2,1H3,(H,16,17)(H,18,19). The smallest absolute Gasteiger partial charge is 0.308 e. The first-order chi connectivity index (χ1) is 9.59. The number of aliphatic carboxylic acids is 1. The van der Waals surface area contributed by atoms with Crippen LogP contribution < -0.4 is 5.32 Å². The van der Waals surface area contributed by atoms with Gasteiger partial charge < -0.3 is 14.8 Å². The predicted octanol–water partition coefficient (Wildman–Crippen LogP) is 2.14. The minimum atomic E-state index is -0.839. The molecule has 0 aromatic carbocycles. The summed E-state index contributed by atoms with van der Waals surface area (Å²) in [6, 6.07) is -0.337. The molecule has 0 aliphatic heterocycles. The predicted molar refractivity (Wildman–Crippen MR) is 71.3 cm³/mol. The second-order valence-electron chi connectivity index (χ2n) is 5.27. The summed E-state index contributed by atoms with van der Waals surface area (Å²) in [4.78, 5) is 27.4. The highest BCUT2D eigenvalue weighted by Crippen LogP contribution is 2.23. The summed E-state index contributed by atoms with van der Waals surface area (Å²) in [7, 11) is 0. The number of carboxylic acids is 1. The molecular weight excluding hydrogens is 260 g/mol. The minimum absolute atomic E-state index is 0.233. The third-order valence-corrected chi connectivity index (χ3v) is 3.86. The van der Waals surface area contributed by atoms with Crippen LogP contribution in [0.2, 0.25) is 0 Å². The number of nitrogens with zero attached hydrogens (tertiary/aromatic N) is 1. The van der Waals surface area contributed by atoms with Crippen molar-refractivity contribution in [1.29, 1.82) is 0 Å². The van der Waals surface area contributed by atoms with Crippen molar-refractivity contribution >= 4 is 11.9 Å². The van der Waals surface area contributed by atoms with Crippen LogP contribution in [0, 0.1) is 12.8 Å². The van der Waals surface area contributed by atoms with E-state index in [4.69, 9.17) is 4.42 Å². The molecule has 1 aliphatic rings. The molecule has 1 aliphatic carbocycles. The molecule has 2 atom stereocenters. The number of hydrogen-bond acceptors (Lipinski definition) is 4. The molecule has 0 bridgehead atoms. The fourth-order valence-corrected chi connectivity index (χ4v) is 2.71. The highest BCUT2D eigenvalue weighted by molar-refractivity contribution is 5.93. The molecule has 6 nitrogen and oxygen atoms in total. The quantitative estimate of drug-likeness (QED) is 0.884. The fourth-order valence-electron chi connectivity index (χ4n) is 2.71. The lowest BCUT2D eigenvalue weighted by Gasteiger charge is -2.27. The lowest BCUT2D eigenvalue weighted by atomic mass is 9.86. The minimum Gasteiger partial charge on any atom is -0.481 e. The van der Waals surface area contributed by atoms with Crippen molar-refractivity contribution in [1.82, 2.24) is 10.3 Å². The molecule has 1 aromatic rings. The number of oxazole rings is 1. The number of amides is 1. The van der Waals surface area contributed by atoms with Crippen molar-refractivity contribution in [3.05, 3.63) is 17.8 Å². The van der Waals surface area contributed by atoms with Gasteiger partial charge in [0.05, 0.1) is 5.92 Å². The third kappa shape index (κ3) is 3.37. The zero-order valence-electron chi connectivity index (χ0n) is 11.6. The number of nitrogens with one attached hydrogen (secondary N) is 1. The van der Waals surface area contributed by atoms with Crippen molar-refractivity contribution in [3.63, 3.8) is 0 Å². The number of aryl methyl sites for hydroxylation is 1. The van der Waals surface area contributed by atoms with Gasteiger partial charge in [0.15, 0.2) is 12.1 Å². The van der Waals surface area contributed by atoms with Gasteiger partial charge in [0.1, 0.15) is 5.76 Å². The monoisotopic (exact) mass is 280 g/mol. The Morgan fingerprint density at radius 2 is 2.00 bits per heavy atom. The Bertz CT molecular complexity index is 483. The van der Waals surface area contributed by atoms with Crippen molar-refractivity contribution < 1.29 is 19.1 Å². The van der Waals surface area contributed by atoms with Crippen LogP contribution >= 0.6 is 0 Å². The maximum Gasteiger partial charge on any atom is 0.308 e. The van der Waals surface area contributed by atoms with E-state index in [-0.39, 0.29) is 17.6 Å². The number of aromatic nitrogens is 1. The van der Waals surface area contributed by atoms with Crippen LogP contribution in [0.25, 0.3) is 0 Å². The first-order valence-corrected chi connectivity index (χ1v) is 7.03. The van der Waals surface area contributed by atoms with Crippen LogP contribution in [-0.2, 0) is 4.79 Å². The Morgan fingerprint density at radius 3 is 2.60 bits per heavy atom. The third-order valence-electron chi connectivity index (χ3n) is 3.86. The molecule has 0 spiro atoms. The zero-order chi connectivity index (χ0) is 14.5. The number of carbonyl (C=O) groups excluding carboxylic acids is 1. The second kappa shape index (κ2) is 6.54. The van der Waals surface area contributed by atoms with E-state index < -0.39 is 11.9 Å². The topological polar surface area (TPSA) is 92.4 Å². The summed E-state index contributed by atoms with van der Waals surface area (Å²) in [5, 5.41) is 12.2. The van der Waals surface area contributed by atoms with Crippen LogP contribution in [0.5, 0.6) is 0 Å². The summed E-state index contributed by atoms with van der Waals surface area (Å²) in [6.07, 6.45) is 6.50. The second-order valence-corrected chi connectivity index (χ2v) is 5.27. The summed E-state index contributed by atoms with van der Waals surface area (Å²) in [6.45, 7) is 1.66. The number of rotatable bonds is 3. The summed E-state index contributed by atoms with van der Waals surface area (Å²) in [5.74, 6) is -1.27. The highest BCUT2D eigenvalue weighted by Gasteiger charge is 2.30. The molecule has 2 unspecified atom stereocenters. The molecular formula is C14H20N2O4. The molecule has 6 heteroatoms. The van der Waals surface area contributed by atoms with Crippen LogP contribution in [-0.4, -0.2) is 28.0 Å². The van der Waals surface area contributed by atoms with Crippen molar-refractivity contribution in [2.45, 2.75) is 51.5 Å². The van der Waals surface area contributed by atoms with Gasteiger partial charge in [0, 0.05) is 6.04 Å². The van der Waals surface area contributed by atoms with Crippen molar-refractivity contribution in [2.24, 2.45) is 5.92 Å². The normalized spacial score (nSPS) is 23.6. The Kier molecular flexibility index (Phi) is 4.76. The SMILES string of the molecule is Cc1ocnc1C(=O)NC1CCCCCCC1C(=O)O. The first-order valence-electron chi connectivity index (χ1n) is 7.03.